The minimum absolute atomic E-state index is 0.0622. The Morgan fingerprint density at radius 1 is 0.943 bits per heavy atom. The van der Waals surface area contributed by atoms with E-state index in [0.29, 0.717) is 28.3 Å². The molecule has 1 N–H and O–H groups in total. The Labute approximate surface area is 205 Å². The number of carbonyl (C=O) groups excluding carboxylic acids is 2. The first-order valence-electron chi connectivity index (χ1n) is 11.0. The van der Waals surface area contributed by atoms with E-state index in [1.54, 1.807) is 68.4 Å². The third-order valence-electron chi connectivity index (χ3n) is 5.36. The van der Waals surface area contributed by atoms with Crippen LogP contribution in [0.25, 0.3) is 0 Å². The molecular weight excluding hydrogens is 468 g/mol. The molecule has 8 nitrogen and oxygen atoms in total. The van der Waals surface area contributed by atoms with E-state index in [2.05, 4.69) is 5.32 Å². The van der Waals surface area contributed by atoms with E-state index in [4.69, 9.17) is 9.47 Å². The fourth-order valence-electron chi connectivity index (χ4n) is 3.42. The fraction of sp³-hybridized carbons (Fsp3) is 0.231. The molecule has 0 aliphatic carbocycles. The average molecular weight is 497 g/mol. The van der Waals surface area contributed by atoms with Crippen LogP contribution in [0.2, 0.25) is 0 Å². The maximum atomic E-state index is 13.5. The highest BCUT2D eigenvalue weighted by Crippen LogP contribution is 2.27. The Bertz CT molecular complexity index is 1300. The molecule has 0 radical (unpaired) electrons. The van der Waals surface area contributed by atoms with Crippen LogP contribution in [-0.4, -0.2) is 40.6 Å². The number of sulfonamides is 1. The molecule has 3 rings (SSSR count). The maximum Gasteiger partial charge on any atom is 0.338 e. The Morgan fingerprint density at radius 3 is 2.20 bits per heavy atom. The van der Waals surface area contributed by atoms with Crippen molar-refractivity contribution in [1.29, 1.82) is 0 Å². The summed E-state index contributed by atoms with van der Waals surface area (Å²) in [5.74, 6) is -0.513. The van der Waals surface area contributed by atoms with Gasteiger partial charge in [-0.3, -0.25) is 9.10 Å². The first kappa shape index (κ1) is 25.8. The minimum atomic E-state index is -4.06. The van der Waals surface area contributed by atoms with Crippen LogP contribution >= 0.6 is 0 Å². The van der Waals surface area contributed by atoms with Gasteiger partial charge in [-0.1, -0.05) is 23.8 Å². The summed E-state index contributed by atoms with van der Waals surface area (Å²) in [5.41, 5.74) is 2.46. The molecule has 0 aliphatic heterocycles. The van der Waals surface area contributed by atoms with Crippen LogP contribution in [0.1, 0.15) is 28.4 Å². The van der Waals surface area contributed by atoms with Crippen molar-refractivity contribution in [2.24, 2.45) is 0 Å². The molecule has 1 amide bonds. The number of nitrogens with zero attached hydrogens (tertiary/aromatic N) is 1. The molecule has 0 atom stereocenters. The highest BCUT2D eigenvalue weighted by molar-refractivity contribution is 7.92. The summed E-state index contributed by atoms with van der Waals surface area (Å²) in [7, 11) is -2.55. The smallest absolute Gasteiger partial charge is 0.338 e. The third-order valence-corrected chi connectivity index (χ3v) is 7.15. The molecule has 3 aromatic rings. The van der Waals surface area contributed by atoms with Crippen LogP contribution in [0.5, 0.6) is 5.75 Å². The lowest BCUT2D eigenvalue weighted by Gasteiger charge is -2.24. The van der Waals surface area contributed by atoms with Gasteiger partial charge in [0, 0.05) is 5.69 Å². The predicted molar refractivity (Wildman–Crippen MR) is 134 cm³/mol. The molecule has 0 spiro atoms. The van der Waals surface area contributed by atoms with Gasteiger partial charge >= 0.3 is 5.97 Å². The molecule has 0 saturated carbocycles. The van der Waals surface area contributed by atoms with Gasteiger partial charge in [-0.25, -0.2) is 13.2 Å². The number of amides is 1. The van der Waals surface area contributed by atoms with Gasteiger partial charge in [0.05, 0.1) is 29.9 Å². The summed E-state index contributed by atoms with van der Waals surface area (Å²) < 4.78 is 38.3. The number of hydrogen-bond acceptors (Lipinski definition) is 6. The number of nitrogens with one attached hydrogen (secondary N) is 1. The van der Waals surface area contributed by atoms with Gasteiger partial charge in [-0.05, 0) is 74.9 Å². The summed E-state index contributed by atoms with van der Waals surface area (Å²) in [5, 5.41) is 2.73. The van der Waals surface area contributed by atoms with Crippen LogP contribution in [-0.2, 0) is 19.6 Å². The molecule has 184 valence electrons. The van der Waals surface area contributed by atoms with Crippen molar-refractivity contribution in [1.82, 2.24) is 0 Å². The molecule has 0 aliphatic rings. The summed E-state index contributed by atoms with van der Waals surface area (Å²) in [6.45, 7) is 5.00. The molecule has 9 heteroatoms. The van der Waals surface area contributed by atoms with E-state index < -0.39 is 28.4 Å². The first-order chi connectivity index (χ1) is 16.7. The zero-order valence-electron chi connectivity index (χ0n) is 20.1. The molecule has 0 fully saturated rings. The van der Waals surface area contributed by atoms with E-state index in [9.17, 15) is 18.0 Å². The monoisotopic (exact) mass is 496 g/mol. The second-order valence-corrected chi connectivity index (χ2v) is 9.63. The summed E-state index contributed by atoms with van der Waals surface area (Å²) in [4.78, 5) is 25.3. The molecule has 0 bridgehead atoms. The zero-order chi connectivity index (χ0) is 25.6. The number of methoxy groups -OCH3 is 1. The molecule has 0 unspecified atom stereocenters. The van der Waals surface area contributed by atoms with Crippen LogP contribution in [0.3, 0.4) is 0 Å². The van der Waals surface area contributed by atoms with E-state index in [1.807, 2.05) is 6.92 Å². The number of carbonyl (C=O) groups is 2. The van der Waals surface area contributed by atoms with Crippen molar-refractivity contribution in [3.05, 3.63) is 83.4 Å². The van der Waals surface area contributed by atoms with Gasteiger partial charge in [-0.2, -0.15) is 0 Å². The highest BCUT2D eigenvalue weighted by Gasteiger charge is 2.27. The quantitative estimate of drug-likeness (QED) is 0.443. The zero-order valence-corrected chi connectivity index (χ0v) is 20.9. The van der Waals surface area contributed by atoms with Crippen LogP contribution in [0, 0.1) is 13.8 Å². The summed E-state index contributed by atoms with van der Waals surface area (Å²) in [6.07, 6.45) is 0. The Hall–Kier alpha value is -3.85. The van der Waals surface area contributed by atoms with Crippen molar-refractivity contribution in [3.8, 4) is 5.75 Å². The minimum Gasteiger partial charge on any atom is -0.497 e. The standard InChI is InChI=1S/C26H28N2O6S/c1-5-34-26(30)23-7-6-8-24(19(23)3)27-25(29)17-28(20-11-13-21(33-4)14-12-20)35(31,32)22-15-9-18(2)10-16-22/h6-16H,5,17H2,1-4H3,(H,27,29). The number of anilines is 2. The molecule has 0 heterocycles. The van der Waals surface area contributed by atoms with E-state index in [-0.39, 0.29) is 11.5 Å². The van der Waals surface area contributed by atoms with Gasteiger partial charge in [0.15, 0.2) is 0 Å². The number of esters is 1. The van der Waals surface area contributed by atoms with Gasteiger partial charge in [-0.15, -0.1) is 0 Å². The molecule has 3 aromatic carbocycles. The fourth-order valence-corrected chi connectivity index (χ4v) is 4.84. The van der Waals surface area contributed by atoms with E-state index in [1.165, 1.54) is 19.2 Å². The number of hydrogen-bond donors (Lipinski definition) is 1. The largest absolute Gasteiger partial charge is 0.497 e. The Kier molecular flexibility index (Phi) is 8.14. The first-order valence-corrected chi connectivity index (χ1v) is 12.4. The van der Waals surface area contributed by atoms with Gasteiger partial charge in [0.2, 0.25) is 5.91 Å². The molecule has 0 saturated heterocycles. The van der Waals surface area contributed by atoms with Crippen LogP contribution < -0.4 is 14.4 Å². The highest BCUT2D eigenvalue weighted by atomic mass is 32.2. The summed E-state index contributed by atoms with van der Waals surface area (Å²) >= 11 is 0. The van der Waals surface area contributed by atoms with Gasteiger partial charge < -0.3 is 14.8 Å². The lowest BCUT2D eigenvalue weighted by atomic mass is 10.1. The van der Waals surface area contributed by atoms with Crippen LogP contribution in [0.4, 0.5) is 11.4 Å². The topological polar surface area (TPSA) is 102 Å². The maximum absolute atomic E-state index is 13.5. The second-order valence-electron chi connectivity index (χ2n) is 7.77. The van der Waals surface area contributed by atoms with Crippen molar-refractivity contribution in [2.75, 3.05) is 29.9 Å². The van der Waals surface area contributed by atoms with Crippen LogP contribution in [0.15, 0.2) is 71.6 Å². The number of aryl methyl sites for hydroxylation is 1. The lowest BCUT2D eigenvalue weighted by molar-refractivity contribution is -0.114. The molecule has 0 aromatic heterocycles. The average Bonchev–Trinajstić information content (AvgIpc) is 2.84. The Balaban J connectivity index is 1.93. The van der Waals surface area contributed by atoms with Crippen molar-refractivity contribution in [3.63, 3.8) is 0 Å². The number of benzene rings is 3. The van der Waals surface area contributed by atoms with Crippen molar-refractivity contribution in [2.45, 2.75) is 25.7 Å². The van der Waals surface area contributed by atoms with E-state index in [0.717, 1.165) is 9.87 Å². The normalized spacial score (nSPS) is 11.0. The predicted octanol–water partition coefficient (Wildman–Crippen LogP) is 4.32. The number of ether oxygens (including phenoxy) is 2. The van der Waals surface area contributed by atoms with E-state index >= 15 is 0 Å². The second kappa shape index (κ2) is 11.1. The molecular formula is C26H28N2O6S. The van der Waals surface area contributed by atoms with Gasteiger partial charge in [0.25, 0.3) is 10.0 Å². The molecule has 35 heavy (non-hydrogen) atoms. The Morgan fingerprint density at radius 2 is 1.60 bits per heavy atom. The van der Waals surface area contributed by atoms with Gasteiger partial charge in [0.1, 0.15) is 12.3 Å². The van der Waals surface area contributed by atoms with Crippen molar-refractivity contribution < 1.29 is 27.5 Å². The van der Waals surface area contributed by atoms with Crippen molar-refractivity contribution >= 4 is 33.3 Å². The third kappa shape index (κ3) is 5.99. The number of rotatable bonds is 9. The summed E-state index contributed by atoms with van der Waals surface area (Å²) in [6, 6.07) is 17.7. The lowest BCUT2D eigenvalue weighted by Crippen LogP contribution is -2.38. The SMILES string of the molecule is CCOC(=O)c1cccc(NC(=O)CN(c2ccc(OC)cc2)S(=O)(=O)c2ccc(C)cc2)c1C.